The Morgan fingerprint density at radius 3 is 3.05 bits per heavy atom. The van der Waals surface area contributed by atoms with Gasteiger partial charge in [0.25, 0.3) is 5.91 Å². The van der Waals surface area contributed by atoms with E-state index in [4.69, 9.17) is 9.47 Å². The molecule has 2 rings (SSSR count). The maximum absolute atomic E-state index is 11.9. The van der Waals surface area contributed by atoms with Crippen molar-refractivity contribution in [2.45, 2.75) is 19.4 Å². The van der Waals surface area contributed by atoms with Crippen molar-refractivity contribution in [1.29, 1.82) is 0 Å². The number of methoxy groups -OCH3 is 1. The van der Waals surface area contributed by atoms with Crippen LogP contribution in [0.5, 0.6) is 5.75 Å². The quantitative estimate of drug-likeness (QED) is 0.783. The van der Waals surface area contributed by atoms with Gasteiger partial charge in [-0.1, -0.05) is 6.07 Å². The molecular formula is C14H18N2O4. The zero-order valence-corrected chi connectivity index (χ0v) is 11.6. The summed E-state index contributed by atoms with van der Waals surface area (Å²) in [7, 11) is 1.56. The number of ether oxygens (including phenoxy) is 2. The van der Waals surface area contributed by atoms with Gasteiger partial charge in [0, 0.05) is 13.7 Å². The van der Waals surface area contributed by atoms with Crippen LogP contribution in [0.3, 0.4) is 0 Å². The summed E-state index contributed by atoms with van der Waals surface area (Å²) >= 11 is 0. The first-order valence-corrected chi connectivity index (χ1v) is 6.44. The molecule has 0 fully saturated rings. The lowest BCUT2D eigenvalue weighted by Gasteiger charge is -2.25. The molecule has 1 unspecified atom stereocenters. The van der Waals surface area contributed by atoms with E-state index in [1.54, 1.807) is 13.2 Å². The molecule has 1 atom stereocenters. The Morgan fingerprint density at radius 1 is 1.50 bits per heavy atom. The highest BCUT2D eigenvalue weighted by Gasteiger charge is 2.29. The summed E-state index contributed by atoms with van der Waals surface area (Å²) in [6.07, 6.45) is -0.809. The molecule has 1 aliphatic heterocycles. The number of anilines is 1. The molecule has 1 aromatic rings. The topological polar surface area (TPSA) is 76.7 Å². The monoisotopic (exact) mass is 278 g/mol. The standard InChI is InChI=1S/C14H18N2O4/c1-9-3-4-11-10(7-9)16-14(18)12(20-11)8-13(17)15-5-6-19-2/h3-4,7,12H,5-6,8H2,1-2H3,(H,15,17)(H,16,18). The predicted molar refractivity (Wildman–Crippen MR) is 73.7 cm³/mol. The van der Waals surface area contributed by atoms with Gasteiger partial charge in [-0.25, -0.2) is 0 Å². The maximum atomic E-state index is 11.9. The number of aryl methyl sites for hydroxylation is 1. The third-order valence-electron chi connectivity index (χ3n) is 2.95. The Labute approximate surface area is 117 Å². The molecule has 0 saturated carbocycles. The van der Waals surface area contributed by atoms with E-state index in [0.717, 1.165) is 5.56 Å². The second-order valence-electron chi connectivity index (χ2n) is 4.64. The summed E-state index contributed by atoms with van der Waals surface area (Å²) in [4.78, 5) is 23.6. The molecule has 0 spiro atoms. The fourth-order valence-corrected chi connectivity index (χ4v) is 1.93. The molecule has 0 saturated heterocycles. The van der Waals surface area contributed by atoms with Crippen LogP contribution in [0, 0.1) is 6.92 Å². The highest BCUT2D eigenvalue weighted by Crippen LogP contribution is 2.30. The van der Waals surface area contributed by atoms with Crippen molar-refractivity contribution in [2.75, 3.05) is 25.6 Å². The van der Waals surface area contributed by atoms with E-state index in [-0.39, 0.29) is 18.2 Å². The molecule has 0 aromatic heterocycles. The van der Waals surface area contributed by atoms with Crippen LogP contribution < -0.4 is 15.4 Å². The minimum atomic E-state index is -0.798. The summed E-state index contributed by atoms with van der Waals surface area (Å²) < 4.78 is 10.4. The van der Waals surface area contributed by atoms with Crippen LogP contribution in [-0.4, -0.2) is 38.2 Å². The van der Waals surface area contributed by atoms with Gasteiger partial charge in [-0.2, -0.15) is 0 Å². The van der Waals surface area contributed by atoms with Crippen LogP contribution >= 0.6 is 0 Å². The Balaban J connectivity index is 1.95. The Bertz CT molecular complexity index is 516. The number of amides is 2. The van der Waals surface area contributed by atoms with E-state index in [1.165, 1.54) is 0 Å². The van der Waals surface area contributed by atoms with E-state index >= 15 is 0 Å². The van der Waals surface area contributed by atoms with Gasteiger partial charge < -0.3 is 20.1 Å². The summed E-state index contributed by atoms with van der Waals surface area (Å²) in [6.45, 7) is 2.78. The highest BCUT2D eigenvalue weighted by atomic mass is 16.5. The largest absolute Gasteiger partial charge is 0.478 e. The van der Waals surface area contributed by atoms with Gasteiger partial charge in [-0.15, -0.1) is 0 Å². The minimum absolute atomic E-state index is 0.0110. The lowest BCUT2D eigenvalue weighted by Crippen LogP contribution is -2.41. The summed E-state index contributed by atoms with van der Waals surface area (Å²) in [5, 5.41) is 5.42. The molecule has 20 heavy (non-hydrogen) atoms. The number of fused-ring (bicyclic) bond motifs is 1. The molecule has 1 aliphatic rings. The molecule has 2 amide bonds. The Morgan fingerprint density at radius 2 is 2.30 bits per heavy atom. The van der Waals surface area contributed by atoms with Crippen molar-refractivity contribution in [3.05, 3.63) is 23.8 Å². The number of carbonyl (C=O) groups is 2. The fraction of sp³-hybridized carbons (Fsp3) is 0.429. The van der Waals surface area contributed by atoms with Gasteiger partial charge in [0.05, 0.1) is 18.7 Å². The number of rotatable bonds is 5. The van der Waals surface area contributed by atoms with Crippen LogP contribution in [0.25, 0.3) is 0 Å². The van der Waals surface area contributed by atoms with Crippen molar-refractivity contribution in [3.8, 4) is 5.75 Å². The van der Waals surface area contributed by atoms with Crippen molar-refractivity contribution in [2.24, 2.45) is 0 Å². The zero-order valence-electron chi connectivity index (χ0n) is 11.6. The lowest BCUT2D eigenvalue weighted by atomic mass is 10.1. The molecule has 0 aliphatic carbocycles. The second kappa shape index (κ2) is 6.38. The van der Waals surface area contributed by atoms with Crippen molar-refractivity contribution < 1.29 is 19.1 Å². The SMILES string of the molecule is COCCNC(=O)CC1Oc2ccc(C)cc2NC1=O. The third kappa shape index (κ3) is 3.48. The smallest absolute Gasteiger partial charge is 0.266 e. The normalized spacial score (nSPS) is 16.9. The molecule has 1 heterocycles. The summed E-state index contributed by atoms with van der Waals surface area (Å²) in [5.41, 5.74) is 1.68. The average Bonchev–Trinajstić information content (AvgIpc) is 2.40. The van der Waals surface area contributed by atoms with Crippen molar-refractivity contribution in [1.82, 2.24) is 5.32 Å². The Kier molecular flexibility index (Phi) is 4.57. The predicted octanol–water partition coefficient (Wildman–Crippen LogP) is 0.847. The van der Waals surface area contributed by atoms with Crippen LogP contribution in [0.2, 0.25) is 0 Å². The van der Waals surface area contributed by atoms with Gasteiger partial charge >= 0.3 is 0 Å². The minimum Gasteiger partial charge on any atom is -0.478 e. The molecular weight excluding hydrogens is 260 g/mol. The van der Waals surface area contributed by atoms with Crippen LogP contribution in [-0.2, 0) is 14.3 Å². The third-order valence-corrected chi connectivity index (χ3v) is 2.95. The highest BCUT2D eigenvalue weighted by molar-refractivity contribution is 6.00. The van der Waals surface area contributed by atoms with Crippen LogP contribution in [0.15, 0.2) is 18.2 Å². The first kappa shape index (κ1) is 14.3. The number of hydrogen-bond acceptors (Lipinski definition) is 4. The molecule has 2 N–H and O–H groups in total. The molecule has 0 bridgehead atoms. The van der Waals surface area contributed by atoms with E-state index < -0.39 is 6.10 Å². The van der Waals surface area contributed by atoms with Gasteiger partial charge in [0.15, 0.2) is 6.10 Å². The number of nitrogens with one attached hydrogen (secondary N) is 2. The van der Waals surface area contributed by atoms with Gasteiger partial charge in [-0.3, -0.25) is 9.59 Å². The van der Waals surface area contributed by atoms with E-state index in [0.29, 0.717) is 24.6 Å². The molecule has 108 valence electrons. The maximum Gasteiger partial charge on any atom is 0.266 e. The van der Waals surface area contributed by atoms with Gasteiger partial charge in [0.1, 0.15) is 5.75 Å². The van der Waals surface area contributed by atoms with E-state index in [1.807, 2.05) is 19.1 Å². The lowest BCUT2D eigenvalue weighted by molar-refractivity contribution is -0.130. The first-order chi connectivity index (χ1) is 9.60. The van der Waals surface area contributed by atoms with Gasteiger partial charge in [-0.05, 0) is 24.6 Å². The van der Waals surface area contributed by atoms with Gasteiger partial charge in [0.2, 0.25) is 5.91 Å². The van der Waals surface area contributed by atoms with E-state index in [9.17, 15) is 9.59 Å². The van der Waals surface area contributed by atoms with Crippen molar-refractivity contribution in [3.63, 3.8) is 0 Å². The molecule has 0 radical (unpaired) electrons. The summed E-state index contributed by atoms with van der Waals surface area (Å²) in [5.74, 6) is 0.0487. The van der Waals surface area contributed by atoms with Crippen molar-refractivity contribution >= 4 is 17.5 Å². The number of hydrogen-bond donors (Lipinski definition) is 2. The number of benzene rings is 1. The fourth-order valence-electron chi connectivity index (χ4n) is 1.93. The number of carbonyl (C=O) groups excluding carboxylic acids is 2. The van der Waals surface area contributed by atoms with Crippen LogP contribution in [0.4, 0.5) is 5.69 Å². The first-order valence-electron chi connectivity index (χ1n) is 6.44. The zero-order chi connectivity index (χ0) is 14.5. The molecule has 6 heteroatoms. The molecule has 1 aromatic carbocycles. The Hall–Kier alpha value is -2.08. The van der Waals surface area contributed by atoms with Crippen LogP contribution in [0.1, 0.15) is 12.0 Å². The summed E-state index contributed by atoms with van der Waals surface area (Å²) in [6, 6.07) is 5.52. The van der Waals surface area contributed by atoms with E-state index in [2.05, 4.69) is 10.6 Å². The average molecular weight is 278 g/mol. The molecule has 6 nitrogen and oxygen atoms in total. The second-order valence-corrected chi connectivity index (χ2v) is 4.64.